The summed E-state index contributed by atoms with van der Waals surface area (Å²) in [5.74, 6) is -1.11. The first kappa shape index (κ1) is 14.1. The van der Waals surface area contributed by atoms with Crippen molar-refractivity contribution < 1.29 is 24.0 Å². The van der Waals surface area contributed by atoms with Crippen LogP contribution in [0.25, 0.3) is 0 Å². The lowest BCUT2D eigenvalue weighted by atomic mass is 10.0. The van der Waals surface area contributed by atoms with Crippen molar-refractivity contribution in [3.05, 3.63) is 46.7 Å². The minimum atomic E-state index is -0.986. The SMILES string of the molecule is COc1cc(C(=O)N[C@@H]2CCc3ccc(C(=O)O)cc32)on1. The van der Waals surface area contributed by atoms with Crippen molar-refractivity contribution in [2.75, 3.05) is 7.11 Å². The quantitative estimate of drug-likeness (QED) is 0.893. The van der Waals surface area contributed by atoms with Crippen molar-refractivity contribution in [2.24, 2.45) is 0 Å². The van der Waals surface area contributed by atoms with Gasteiger partial charge in [0, 0.05) is 0 Å². The van der Waals surface area contributed by atoms with Gasteiger partial charge in [0.2, 0.25) is 5.76 Å². The van der Waals surface area contributed by atoms with Crippen LogP contribution < -0.4 is 10.1 Å². The first-order chi connectivity index (χ1) is 10.6. The number of hydrogen-bond donors (Lipinski definition) is 2. The van der Waals surface area contributed by atoms with Crippen LogP contribution in [0.1, 0.15) is 44.5 Å². The van der Waals surface area contributed by atoms with Gasteiger partial charge in [-0.1, -0.05) is 6.07 Å². The molecule has 0 spiro atoms. The van der Waals surface area contributed by atoms with E-state index in [1.165, 1.54) is 13.2 Å². The number of aromatic nitrogens is 1. The first-order valence-electron chi connectivity index (χ1n) is 6.76. The summed E-state index contributed by atoms with van der Waals surface area (Å²) < 4.78 is 9.76. The van der Waals surface area contributed by atoms with Crippen LogP contribution in [0.2, 0.25) is 0 Å². The predicted octanol–water partition coefficient (Wildman–Crippen LogP) is 1.80. The van der Waals surface area contributed by atoms with Crippen LogP contribution in [0, 0.1) is 0 Å². The summed E-state index contributed by atoms with van der Waals surface area (Å²) in [5, 5.41) is 15.5. The van der Waals surface area contributed by atoms with Crippen LogP contribution in [0.3, 0.4) is 0 Å². The Labute approximate surface area is 125 Å². The van der Waals surface area contributed by atoms with Crippen molar-refractivity contribution in [3.8, 4) is 5.88 Å². The molecule has 3 rings (SSSR count). The Morgan fingerprint density at radius 3 is 2.91 bits per heavy atom. The van der Waals surface area contributed by atoms with Gasteiger partial charge in [0.15, 0.2) is 0 Å². The van der Waals surface area contributed by atoms with E-state index in [2.05, 4.69) is 10.5 Å². The van der Waals surface area contributed by atoms with Crippen LogP contribution in [0.4, 0.5) is 0 Å². The highest BCUT2D eigenvalue weighted by molar-refractivity contribution is 5.92. The van der Waals surface area contributed by atoms with E-state index in [4.69, 9.17) is 14.4 Å². The van der Waals surface area contributed by atoms with Gasteiger partial charge in [-0.15, -0.1) is 0 Å². The predicted molar refractivity (Wildman–Crippen MR) is 75.0 cm³/mol. The molecular weight excluding hydrogens is 288 g/mol. The molecule has 0 bridgehead atoms. The summed E-state index contributed by atoms with van der Waals surface area (Å²) in [6.07, 6.45) is 1.51. The maximum absolute atomic E-state index is 12.1. The maximum atomic E-state index is 12.1. The number of ether oxygens (including phenoxy) is 1. The third-order valence-corrected chi connectivity index (χ3v) is 3.70. The lowest BCUT2D eigenvalue weighted by Gasteiger charge is -2.13. The number of nitrogens with zero attached hydrogens (tertiary/aromatic N) is 1. The molecule has 2 N–H and O–H groups in total. The van der Waals surface area contributed by atoms with E-state index < -0.39 is 11.9 Å². The molecule has 1 aliphatic carbocycles. The van der Waals surface area contributed by atoms with Gasteiger partial charge < -0.3 is 19.7 Å². The second kappa shape index (κ2) is 5.51. The number of carboxylic acids is 1. The molecule has 1 heterocycles. The zero-order chi connectivity index (χ0) is 15.7. The van der Waals surface area contributed by atoms with Gasteiger partial charge in [-0.2, -0.15) is 0 Å². The number of fused-ring (bicyclic) bond motifs is 1. The number of rotatable bonds is 4. The molecule has 1 aromatic carbocycles. The molecular formula is C15H14N2O5. The van der Waals surface area contributed by atoms with Gasteiger partial charge in [-0.3, -0.25) is 4.79 Å². The molecule has 0 saturated heterocycles. The molecule has 1 amide bonds. The molecule has 0 unspecified atom stereocenters. The summed E-state index contributed by atoms with van der Waals surface area (Å²) in [7, 11) is 1.43. The van der Waals surface area contributed by atoms with Gasteiger partial charge >= 0.3 is 5.97 Å². The van der Waals surface area contributed by atoms with Crippen LogP contribution >= 0.6 is 0 Å². The van der Waals surface area contributed by atoms with E-state index in [0.717, 1.165) is 24.0 Å². The first-order valence-corrected chi connectivity index (χ1v) is 6.76. The Hall–Kier alpha value is -2.83. The lowest BCUT2D eigenvalue weighted by Crippen LogP contribution is -2.26. The van der Waals surface area contributed by atoms with E-state index in [-0.39, 0.29) is 23.2 Å². The fourth-order valence-electron chi connectivity index (χ4n) is 2.58. The number of carbonyl (C=O) groups is 2. The third kappa shape index (κ3) is 2.52. The highest BCUT2D eigenvalue weighted by Gasteiger charge is 2.26. The molecule has 22 heavy (non-hydrogen) atoms. The molecule has 114 valence electrons. The van der Waals surface area contributed by atoms with Crippen LogP contribution in [0.15, 0.2) is 28.8 Å². The molecule has 1 aromatic heterocycles. The zero-order valence-corrected chi connectivity index (χ0v) is 11.8. The molecule has 0 fully saturated rings. The number of benzene rings is 1. The normalized spacial score (nSPS) is 16.1. The maximum Gasteiger partial charge on any atom is 0.335 e. The van der Waals surface area contributed by atoms with E-state index in [0.29, 0.717) is 0 Å². The Morgan fingerprint density at radius 2 is 2.23 bits per heavy atom. The average Bonchev–Trinajstić information content (AvgIpc) is 3.13. The van der Waals surface area contributed by atoms with Crippen molar-refractivity contribution in [1.82, 2.24) is 10.5 Å². The van der Waals surface area contributed by atoms with Gasteiger partial charge in [0.1, 0.15) is 0 Å². The lowest BCUT2D eigenvalue weighted by molar-refractivity contribution is 0.0696. The standard InChI is InChI=1S/C15H14N2O5/c1-21-13-7-12(22-17-13)14(18)16-11-5-4-8-2-3-9(15(19)20)6-10(8)11/h2-3,6-7,11H,4-5H2,1H3,(H,16,18)(H,19,20)/t11-/m1/s1. The fraction of sp³-hybridized carbons (Fsp3) is 0.267. The number of aryl methyl sites for hydroxylation is 1. The highest BCUT2D eigenvalue weighted by atomic mass is 16.5. The smallest absolute Gasteiger partial charge is 0.335 e. The summed E-state index contributed by atoms with van der Waals surface area (Å²) in [6.45, 7) is 0. The van der Waals surface area contributed by atoms with Crippen molar-refractivity contribution in [1.29, 1.82) is 0 Å². The molecule has 0 aliphatic heterocycles. The Bertz CT molecular complexity index is 737. The molecule has 0 saturated carbocycles. The average molecular weight is 302 g/mol. The second-order valence-corrected chi connectivity index (χ2v) is 5.02. The van der Waals surface area contributed by atoms with E-state index >= 15 is 0 Å². The largest absolute Gasteiger partial charge is 0.479 e. The van der Waals surface area contributed by atoms with E-state index in [1.807, 2.05) is 0 Å². The molecule has 2 aromatic rings. The van der Waals surface area contributed by atoms with Gasteiger partial charge in [-0.25, -0.2) is 4.79 Å². The molecule has 1 atom stereocenters. The van der Waals surface area contributed by atoms with Crippen LogP contribution in [-0.4, -0.2) is 29.2 Å². The number of aromatic carboxylic acids is 1. The Kier molecular flexibility index (Phi) is 3.54. The van der Waals surface area contributed by atoms with Gasteiger partial charge in [0.25, 0.3) is 11.8 Å². The highest BCUT2D eigenvalue weighted by Crippen LogP contribution is 2.32. The van der Waals surface area contributed by atoms with E-state index in [1.54, 1.807) is 18.2 Å². The monoisotopic (exact) mass is 302 g/mol. The molecule has 7 nitrogen and oxygen atoms in total. The Morgan fingerprint density at radius 1 is 1.41 bits per heavy atom. The Balaban J connectivity index is 1.79. The van der Waals surface area contributed by atoms with Crippen molar-refractivity contribution in [2.45, 2.75) is 18.9 Å². The number of nitrogens with one attached hydrogen (secondary N) is 1. The third-order valence-electron chi connectivity index (χ3n) is 3.70. The van der Waals surface area contributed by atoms with Crippen molar-refractivity contribution >= 4 is 11.9 Å². The second-order valence-electron chi connectivity index (χ2n) is 5.02. The topological polar surface area (TPSA) is 102 Å². The fourth-order valence-corrected chi connectivity index (χ4v) is 2.58. The molecule has 0 radical (unpaired) electrons. The number of carboxylic acid groups (broad SMARTS) is 1. The number of methoxy groups -OCH3 is 1. The summed E-state index contributed by atoms with van der Waals surface area (Å²) in [6, 6.07) is 6.14. The van der Waals surface area contributed by atoms with Gasteiger partial charge in [0.05, 0.1) is 24.8 Å². The molecule has 1 aliphatic rings. The minimum Gasteiger partial charge on any atom is -0.479 e. The van der Waals surface area contributed by atoms with Crippen molar-refractivity contribution in [3.63, 3.8) is 0 Å². The summed E-state index contributed by atoms with van der Waals surface area (Å²) >= 11 is 0. The van der Waals surface area contributed by atoms with E-state index in [9.17, 15) is 9.59 Å². The van der Waals surface area contributed by atoms with Gasteiger partial charge in [-0.05, 0) is 41.3 Å². The summed E-state index contributed by atoms with van der Waals surface area (Å²) in [4.78, 5) is 23.2. The number of carbonyl (C=O) groups excluding carboxylic acids is 1. The zero-order valence-electron chi connectivity index (χ0n) is 11.8. The summed E-state index contributed by atoms with van der Waals surface area (Å²) in [5.41, 5.74) is 2.09. The minimum absolute atomic E-state index is 0.0553. The van der Waals surface area contributed by atoms with Crippen LogP contribution in [0.5, 0.6) is 5.88 Å². The number of hydrogen-bond acceptors (Lipinski definition) is 5. The number of amides is 1. The van der Waals surface area contributed by atoms with Crippen LogP contribution in [-0.2, 0) is 6.42 Å². The molecule has 7 heteroatoms.